The number of rotatable bonds is 9. The quantitative estimate of drug-likeness (QED) is 0.304. The van der Waals surface area contributed by atoms with Gasteiger partial charge in [-0.2, -0.15) is 0 Å². The summed E-state index contributed by atoms with van der Waals surface area (Å²) in [5, 5.41) is 0. The zero-order chi connectivity index (χ0) is 25.5. The predicted octanol–water partition coefficient (Wildman–Crippen LogP) is 6.86. The second-order valence-corrected chi connectivity index (χ2v) is 11.3. The second kappa shape index (κ2) is 12.7. The van der Waals surface area contributed by atoms with Crippen LogP contribution in [0.3, 0.4) is 0 Å². The first kappa shape index (κ1) is 25.9. The van der Waals surface area contributed by atoms with Gasteiger partial charge in [-0.05, 0) is 92.8 Å². The van der Waals surface area contributed by atoms with Crippen LogP contribution in [0, 0.1) is 12.8 Å². The molecule has 0 aliphatic carbocycles. The van der Waals surface area contributed by atoms with E-state index in [1.807, 2.05) is 0 Å². The van der Waals surface area contributed by atoms with E-state index in [0.717, 1.165) is 56.9 Å². The number of fused-ring (bicyclic) bond motifs is 1. The number of hydrogen-bond acceptors (Lipinski definition) is 3. The van der Waals surface area contributed by atoms with Gasteiger partial charge in [0.2, 0.25) is 0 Å². The number of aryl methyl sites for hydroxylation is 1. The van der Waals surface area contributed by atoms with Crippen molar-refractivity contribution in [2.45, 2.75) is 65.0 Å². The van der Waals surface area contributed by atoms with Crippen LogP contribution in [0.1, 0.15) is 70.3 Å². The van der Waals surface area contributed by atoms with Crippen LogP contribution in [0.25, 0.3) is 0 Å². The molecule has 2 aliphatic heterocycles. The minimum atomic E-state index is 0.324. The molecule has 0 N–H and O–H groups in total. The average molecular weight is 495 g/mol. The molecule has 2 heterocycles. The number of piperidine rings is 1. The molecule has 5 rings (SSSR count). The topological polar surface area (TPSA) is 23.6 Å². The Bertz CT molecular complexity index is 1160. The minimum Gasteiger partial charge on any atom is -0.299 e. The lowest BCUT2D eigenvalue weighted by molar-refractivity contribution is 0.0974. The third-order valence-corrected chi connectivity index (χ3v) is 8.38. The molecular weight excluding hydrogens is 452 g/mol. The smallest absolute Gasteiger partial charge is 0.162 e. The van der Waals surface area contributed by atoms with Crippen LogP contribution in [0.5, 0.6) is 0 Å². The van der Waals surface area contributed by atoms with Crippen molar-refractivity contribution in [2.75, 3.05) is 26.2 Å². The molecule has 3 nitrogen and oxygen atoms in total. The molecule has 1 saturated heterocycles. The van der Waals surface area contributed by atoms with Gasteiger partial charge in [-0.25, -0.2) is 0 Å². The molecule has 0 amide bonds. The Balaban J connectivity index is 1.05. The molecule has 0 spiro atoms. The van der Waals surface area contributed by atoms with Crippen LogP contribution in [0.4, 0.5) is 0 Å². The maximum absolute atomic E-state index is 13.0. The van der Waals surface area contributed by atoms with Crippen LogP contribution in [-0.4, -0.2) is 41.8 Å². The van der Waals surface area contributed by atoms with Crippen LogP contribution in [-0.2, 0) is 25.9 Å². The molecule has 3 aromatic rings. The number of hydrogen-bond donors (Lipinski definition) is 0. The highest BCUT2D eigenvalue weighted by Crippen LogP contribution is 2.25. The number of Topliss-reactive ketones (excluding diaryl/α,β-unsaturated/α-hetero) is 1. The van der Waals surface area contributed by atoms with Crippen molar-refractivity contribution < 1.29 is 4.79 Å². The first-order chi connectivity index (χ1) is 18.1. The number of carbonyl (C=O) groups is 1. The zero-order valence-electron chi connectivity index (χ0n) is 22.5. The average Bonchev–Trinajstić information content (AvgIpc) is 3.12. The number of nitrogens with zero attached hydrogens (tertiary/aromatic N) is 2. The van der Waals surface area contributed by atoms with Gasteiger partial charge < -0.3 is 0 Å². The zero-order valence-corrected chi connectivity index (χ0v) is 22.5. The van der Waals surface area contributed by atoms with E-state index in [1.165, 1.54) is 60.2 Å². The summed E-state index contributed by atoms with van der Waals surface area (Å²) in [5.74, 6) is 1.09. The third-order valence-electron chi connectivity index (χ3n) is 8.38. The van der Waals surface area contributed by atoms with E-state index >= 15 is 0 Å². The summed E-state index contributed by atoms with van der Waals surface area (Å²) in [4.78, 5) is 18.2. The molecule has 0 bridgehead atoms. The Morgan fingerprint density at radius 1 is 0.757 bits per heavy atom. The maximum atomic E-state index is 13.0. The van der Waals surface area contributed by atoms with Gasteiger partial charge in [-0.3, -0.25) is 14.6 Å². The van der Waals surface area contributed by atoms with Gasteiger partial charge in [0.25, 0.3) is 0 Å². The fraction of sp³-hybridized carbons (Fsp3) is 0.441. The van der Waals surface area contributed by atoms with E-state index in [0.29, 0.717) is 12.2 Å². The van der Waals surface area contributed by atoms with Crippen LogP contribution < -0.4 is 0 Å². The molecule has 3 heteroatoms. The summed E-state index contributed by atoms with van der Waals surface area (Å²) in [6, 6.07) is 26.1. The fourth-order valence-electron chi connectivity index (χ4n) is 6.14. The first-order valence-corrected chi connectivity index (χ1v) is 14.3. The number of ketones is 1. The summed E-state index contributed by atoms with van der Waals surface area (Å²) in [6.45, 7) is 8.74. The molecule has 0 atom stereocenters. The Hall–Kier alpha value is -2.75. The van der Waals surface area contributed by atoms with Crippen LogP contribution in [0.15, 0.2) is 72.8 Å². The standard InChI is InChI=1S/C34H42N2O/c1-27-7-5-11-30(23-27)26-35-19-15-28(16-20-35)10-6-12-34(37)33-14-13-31-17-21-36(22-18-32(31)24-33)25-29-8-3-2-4-9-29/h2-5,7-9,11,13-14,23-24,28H,6,10,12,15-22,25-26H2,1H3. The molecule has 37 heavy (non-hydrogen) atoms. The van der Waals surface area contributed by atoms with Crippen molar-refractivity contribution in [3.63, 3.8) is 0 Å². The van der Waals surface area contributed by atoms with Crippen molar-refractivity contribution >= 4 is 5.78 Å². The molecule has 1 fully saturated rings. The summed E-state index contributed by atoms with van der Waals surface area (Å²) in [7, 11) is 0. The van der Waals surface area contributed by atoms with Crippen molar-refractivity contribution in [1.29, 1.82) is 0 Å². The fourth-order valence-corrected chi connectivity index (χ4v) is 6.14. The van der Waals surface area contributed by atoms with Gasteiger partial charge in [-0.1, -0.05) is 72.3 Å². The summed E-state index contributed by atoms with van der Waals surface area (Å²) < 4.78 is 0. The van der Waals surface area contributed by atoms with E-state index in [2.05, 4.69) is 89.5 Å². The molecule has 0 saturated carbocycles. The van der Waals surface area contributed by atoms with Crippen molar-refractivity contribution in [2.24, 2.45) is 5.92 Å². The summed E-state index contributed by atoms with van der Waals surface area (Å²) >= 11 is 0. The van der Waals surface area contributed by atoms with E-state index in [4.69, 9.17) is 0 Å². The third kappa shape index (κ3) is 7.40. The Morgan fingerprint density at radius 2 is 1.46 bits per heavy atom. The van der Waals surface area contributed by atoms with E-state index in [9.17, 15) is 4.79 Å². The Morgan fingerprint density at radius 3 is 2.24 bits per heavy atom. The SMILES string of the molecule is Cc1cccc(CN2CCC(CCCC(=O)c3ccc4c(c3)CCN(Cc3ccccc3)CC4)CC2)c1. The highest BCUT2D eigenvalue weighted by atomic mass is 16.1. The van der Waals surface area contributed by atoms with Gasteiger partial charge in [-0.15, -0.1) is 0 Å². The lowest BCUT2D eigenvalue weighted by atomic mass is 9.90. The molecule has 194 valence electrons. The van der Waals surface area contributed by atoms with Crippen molar-refractivity contribution in [3.05, 3.63) is 106 Å². The maximum Gasteiger partial charge on any atom is 0.162 e. The summed E-state index contributed by atoms with van der Waals surface area (Å²) in [5.41, 5.74) is 7.86. The Labute approximate surface area is 223 Å². The van der Waals surface area contributed by atoms with E-state index in [-0.39, 0.29) is 0 Å². The highest BCUT2D eigenvalue weighted by molar-refractivity contribution is 5.96. The normalized spacial score (nSPS) is 17.3. The Kier molecular flexibility index (Phi) is 8.86. The lowest BCUT2D eigenvalue weighted by Gasteiger charge is -2.32. The van der Waals surface area contributed by atoms with Gasteiger partial charge in [0, 0.05) is 38.2 Å². The monoisotopic (exact) mass is 494 g/mol. The van der Waals surface area contributed by atoms with Gasteiger partial charge >= 0.3 is 0 Å². The molecule has 0 aromatic heterocycles. The molecule has 3 aromatic carbocycles. The van der Waals surface area contributed by atoms with Gasteiger partial charge in [0.1, 0.15) is 0 Å². The van der Waals surface area contributed by atoms with Gasteiger partial charge in [0.15, 0.2) is 5.78 Å². The number of benzene rings is 3. The van der Waals surface area contributed by atoms with E-state index < -0.39 is 0 Å². The van der Waals surface area contributed by atoms with E-state index in [1.54, 1.807) is 0 Å². The van der Waals surface area contributed by atoms with Crippen molar-refractivity contribution in [3.8, 4) is 0 Å². The minimum absolute atomic E-state index is 0.324. The lowest BCUT2D eigenvalue weighted by Crippen LogP contribution is -2.33. The van der Waals surface area contributed by atoms with Crippen LogP contribution in [0.2, 0.25) is 0 Å². The molecule has 0 unspecified atom stereocenters. The molecule has 0 radical (unpaired) electrons. The summed E-state index contributed by atoms with van der Waals surface area (Å²) in [6.07, 6.45) is 7.51. The highest BCUT2D eigenvalue weighted by Gasteiger charge is 2.20. The predicted molar refractivity (Wildman–Crippen MR) is 153 cm³/mol. The number of likely N-dealkylation sites (tertiary alicyclic amines) is 1. The largest absolute Gasteiger partial charge is 0.299 e. The second-order valence-electron chi connectivity index (χ2n) is 11.3. The first-order valence-electron chi connectivity index (χ1n) is 14.3. The number of carbonyl (C=O) groups excluding carboxylic acids is 1. The molecule has 2 aliphatic rings. The molecular formula is C34H42N2O. The van der Waals surface area contributed by atoms with Crippen LogP contribution >= 0.6 is 0 Å². The van der Waals surface area contributed by atoms with Crippen molar-refractivity contribution in [1.82, 2.24) is 9.80 Å². The van der Waals surface area contributed by atoms with Gasteiger partial charge in [0.05, 0.1) is 0 Å².